The van der Waals surface area contributed by atoms with Gasteiger partial charge in [-0.25, -0.2) is 8.78 Å². The minimum Gasteiger partial charge on any atom is -0.374 e. The van der Waals surface area contributed by atoms with Gasteiger partial charge in [0.15, 0.2) is 0 Å². The van der Waals surface area contributed by atoms with E-state index in [4.69, 9.17) is 0 Å². The lowest BCUT2D eigenvalue weighted by atomic mass is 9.84. The largest absolute Gasteiger partial charge is 0.374 e. The molecule has 0 radical (unpaired) electrons. The van der Waals surface area contributed by atoms with E-state index in [-0.39, 0.29) is 25.0 Å². The van der Waals surface area contributed by atoms with Crippen molar-refractivity contribution >= 4 is 5.91 Å². The molecule has 2 fully saturated rings. The van der Waals surface area contributed by atoms with Crippen LogP contribution in [0.2, 0.25) is 0 Å². The predicted molar refractivity (Wildman–Crippen MR) is 76.7 cm³/mol. The monoisotopic (exact) mass is 340 g/mol. The van der Waals surface area contributed by atoms with Gasteiger partial charge in [-0.15, -0.1) is 0 Å². The van der Waals surface area contributed by atoms with Crippen LogP contribution in [0.5, 0.6) is 0 Å². The summed E-state index contributed by atoms with van der Waals surface area (Å²) < 4.78 is 54.0. The number of carbonyl (C=O) groups excluding carboxylic acids is 1. The molecule has 2 rings (SSSR count). The van der Waals surface area contributed by atoms with Crippen LogP contribution in [0.4, 0.5) is 17.6 Å². The molecule has 0 spiro atoms. The third kappa shape index (κ3) is 4.79. The summed E-state index contributed by atoms with van der Waals surface area (Å²) in [6.07, 6.45) is -0.850. The highest BCUT2D eigenvalue weighted by Crippen LogP contribution is 2.30. The fourth-order valence-electron chi connectivity index (χ4n) is 3.47. The van der Waals surface area contributed by atoms with Crippen molar-refractivity contribution in [2.45, 2.75) is 44.1 Å². The zero-order valence-corrected chi connectivity index (χ0v) is 13.3. The van der Waals surface area contributed by atoms with Crippen LogP contribution in [-0.2, 0) is 9.53 Å². The number of ether oxygens (including phenoxy) is 1. The second kappa shape index (κ2) is 7.79. The summed E-state index contributed by atoms with van der Waals surface area (Å²) in [6.45, 7) is 0.967. The zero-order valence-electron chi connectivity index (χ0n) is 13.3. The standard InChI is InChI=1S/C15H24F4N2O2/c1-20-7-4-12-11(9-20)3-2-6-21(12)13(22)5-8-23-10-15(18,19)14(16)17/h11-12,14H,2-10H2,1H3/t11-,12-/m0/s1. The number of amides is 1. The molecule has 2 aliphatic rings. The third-order valence-electron chi connectivity index (χ3n) is 4.67. The van der Waals surface area contributed by atoms with Gasteiger partial charge in [-0.3, -0.25) is 4.79 Å². The van der Waals surface area contributed by atoms with E-state index in [1.165, 1.54) is 0 Å². The summed E-state index contributed by atoms with van der Waals surface area (Å²) in [5.74, 6) is -3.84. The molecule has 0 saturated carbocycles. The number of hydrogen-bond donors (Lipinski definition) is 0. The van der Waals surface area contributed by atoms with Crippen molar-refractivity contribution in [3.63, 3.8) is 0 Å². The molecular weight excluding hydrogens is 316 g/mol. The lowest BCUT2D eigenvalue weighted by molar-refractivity contribution is -0.167. The lowest BCUT2D eigenvalue weighted by Gasteiger charge is -2.46. The van der Waals surface area contributed by atoms with Crippen LogP contribution < -0.4 is 0 Å². The van der Waals surface area contributed by atoms with Crippen LogP contribution in [0.15, 0.2) is 0 Å². The van der Waals surface area contributed by atoms with Crippen LogP contribution >= 0.6 is 0 Å². The van der Waals surface area contributed by atoms with Gasteiger partial charge >= 0.3 is 12.3 Å². The zero-order chi connectivity index (χ0) is 17.0. The molecule has 0 aromatic heterocycles. The highest BCUT2D eigenvalue weighted by Gasteiger charge is 2.41. The Morgan fingerprint density at radius 2 is 2.04 bits per heavy atom. The highest BCUT2D eigenvalue weighted by molar-refractivity contribution is 5.76. The van der Waals surface area contributed by atoms with Crippen LogP contribution in [0.25, 0.3) is 0 Å². The molecule has 2 aliphatic heterocycles. The molecule has 4 nitrogen and oxygen atoms in total. The average molecular weight is 340 g/mol. The maximum absolute atomic E-state index is 12.7. The number of piperidine rings is 2. The van der Waals surface area contributed by atoms with Crippen molar-refractivity contribution in [3.8, 4) is 0 Å². The van der Waals surface area contributed by atoms with E-state index in [1.807, 2.05) is 4.90 Å². The van der Waals surface area contributed by atoms with Crippen molar-refractivity contribution in [2.24, 2.45) is 5.92 Å². The van der Waals surface area contributed by atoms with E-state index in [1.54, 1.807) is 0 Å². The second-order valence-corrected chi connectivity index (χ2v) is 6.47. The molecule has 0 bridgehead atoms. The molecule has 0 unspecified atom stereocenters. The number of carbonyl (C=O) groups is 1. The average Bonchev–Trinajstić information content (AvgIpc) is 2.50. The predicted octanol–water partition coefficient (Wildman–Crippen LogP) is 2.24. The molecule has 8 heteroatoms. The lowest BCUT2D eigenvalue weighted by Crippen LogP contribution is -2.55. The molecular formula is C15H24F4N2O2. The third-order valence-corrected chi connectivity index (χ3v) is 4.67. The highest BCUT2D eigenvalue weighted by atomic mass is 19.3. The van der Waals surface area contributed by atoms with Crippen molar-refractivity contribution in [2.75, 3.05) is 39.9 Å². The van der Waals surface area contributed by atoms with E-state index in [9.17, 15) is 22.4 Å². The van der Waals surface area contributed by atoms with Crippen molar-refractivity contribution in [1.82, 2.24) is 9.80 Å². The van der Waals surface area contributed by atoms with Gasteiger partial charge in [-0.05, 0) is 38.8 Å². The number of hydrogen-bond acceptors (Lipinski definition) is 3. The van der Waals surface area contributed by atoms with Gasteiger partial charge in [0.2, 0.25) is 5.91 Å². The maximum Gasteiger partial charge on any atom is 0.330 e. The van der Waals surface area contributed by atoms with Crippen LogP contribution in [0.3, 0.4) is 0 Å². The summed E-state index contributed by atoms with van der Waals surface area (Å²) in [7, 11) is 2.06. The number of halogens is 4. The molecule has 2 heterocycles. The normalized spacial score (nSPS) is 26.4. The molecule has 0 N–H and O–H groups in total. The number of rotatable bonds is 6. The van der Waals surface area contributed by atoms with Crippen molar-refractivity contribution in [3.05, 3.63) is 0 Å². The van der Waals surface area contributed by atoms with Gasteiger partial charge in [0.25, 0.3) is 0 Å². The first kappa shape index (κ1) is 18.4. The Labute approximate surface area is 133 Å². The first-order valence-corrected chi connectivity index (χ1v) is 8.03. The number of fused-ring (bicyclic) bond motifs is 1. The number of alkyl halides is 4. The van der Waals surface area contributed by atoms with Crippen LogP contribution in [0.1, 0.15) is 25.7 Å². The molecule has 2 atom stereocenters. The smallest absolute Gasteiger partial charge is 0.330 e. The van der Waals surface area contributed by atoms with E-state index in [0.29, 0.717) is 12.5 Å². The van der Waals surface area contributed by atoms with Crippen molar-refractivity contribution in [1.29, 1.82) is 0 Å². The topological polar surface area (TPSA) is 32.8 Å². The van der Waals surface area contributed by atoms with Crippen molar-refractivity contribution < 1.29 is 27.1 Å². The molecule has 0 aliphatic carbocycles. The van der Waals surface area contributed by atoms with E-state index in [2.05, 4.69) is 16.7 Å². The van der Waals surface area contributed by atoms with Gasteiger partial charge in [0, 0.05) is 19.1 Å². The number of nitrogens with zero attached hydrogens (tertiary/aromatic N) is 2. The first-order chi connectivity index (χ1) is 10.8. The van der Waals surface area contributed by atoms with E-state index >= 15 is 0 Å². The van der Waals surface area contributed by atoms with Gasteiger partial charge in [-0.2, -0.15) is 8.78 Å². The van der Waals surface area contributed by atoms with Gasteiger partial charge in [-0.1, -0.05) is 0 Å². The minimum absolute atomic E-state index is 0.0433. The summed E-state index contributed by atoms with van der Waals surface area (Å²) in [4.78, 5) is 16.4. The van der Waals surface area contributed by atoms with Gasteiger partial charge in [0.1, 0.15) is 6.61 Å². The Hall–Kier alpha value is -0.890. The summed E-state index contributed by atoms with van der Waals surface area (Å²) in [6, 6.07) is 0.204. The van der Waals surface area contributed by atoms with E-state index < -0.39 is 19.0 Å². The minimum atomic E-state index is -4.16. The Balaban J connectivity index is 1.77. The molecule has 0 aromatic carbocycles. The van der Waals surface area contributed by atoms with Crippen LogP contribution in [0, 0.1) is 5.92 Å². The van der Waals surface area contributed by atoms with Crippen LogP contribution in [-0.4, -0.2) is 74.0 Å². The summed E-state index contributed by atoms with van der Waals surface area (Å²) >= 11 is 0. The first-order valence-electron chi connectivity index (χ1n) is 8.03. The molecule has 0 aromatic rings. The Bertz CT molecular complexity index is 409. The Kier molecular flexibility index (Phi) is 6.25. The SMILES string of the molecule is CN1CC[C@H]2[C@@H](CCCN2C(=O)CCOCC(F)(F)C(F)F)C1. The quantitative estimate of drug-likeness (QED) is 0.549. The second-order valence-electron chi connectivity index (χ2n) is 6.47. The van der Waals surface area contributed by atoms with Gasteiger partial charge < -0.3 is 14.5 Å². The maximum atomic E-state index is 12.7. The molecule has 134 valence electrons. The fourth-order valence-corrected chi connectivity index (χ4v) is 3.47. The molecule has 23 heavy (non-hydrogen) atoms. The van der Waals surface area contributed by atoms with Gasteiger partial charge in [0.05, 0.1) is 13.0 Å². The fraction of sp³-hybridized carbons (Fsp3) is 0.933. The number of likely N-dealkylation sites (tertiary alicyclic amines) is 2. The molecule has 2 saturated heterocycles. The summed E-state index contributed by atoms with van der Waals surface area (Å²) in [5.41, 5.74) is 0. The summed E-state index contributed by atoms with van der Waals surface area (Å²) in [5, 5.41) is 0. The Morgan fingerprint density at radius 3 is 2.74 bits per heavy atom. The molecule has 1 amide bonds. The van der Waals surface area contributed by atoms with E-state index in [0.717, 1.165) is 32.4 Å². The Morgan fingerprint density at radius 1 is 1.30 bits per heavy atom.